The lowest BCUT2D eigenvalue weighted by molar-refractivity contribution is 0.0943. The summed E-state index contributed by atoms with van der Waals surface area (Å²) < 4.78 is 13.2. The van der Waals surface area contributed by atoms with Crippen molar-refractivity contribution in [1.29, 1.82) is 0 Å². The summed E-state index contributed by atoms with van der Waals surface area (Å²) in [6.45, 7) is 8.61. The number of aromatic nitrogens is 1. The van der Waals surface area contributed by atoms with Gasteiger partial charge in [-0.25, -0.2) is 4.39 Å². The average Bonchev–Trinajstić information content (AvgIpc) is 2.93. The van der Waals surface area contributed by atoms with Crippen molar-refractivity contribution in [2.45, 2.75) is 26.7 Å². The summed E-state index contributed by atoms with van der Waals surface area (Å²) in [6, 6.07) is 6.17. The van der Waals surface area contributed by atoms with Crippen molar-refractivity contribution in [2.75, 3.05) is 26.2 Å². The third kappa shape index (κ3) is 4.15. The molecule has 1 fully saturated rings. The molecular weight excluding hydrogens is 305 g/mol. The Morgan fingerprint density at radius 1 is 1.29 bits per heavy atom. The number of rotatable bonds is 5. The zero-order valence-corrected chi connectivity index (χ0v) is 14.4. The molecule has 4 nitrogen and oxygen atoms in total. The normalized spacial score (nSPS) is 22.0. The standard InChI is InChI=1S/C19H26FN3O/c1-13-8-14(2)12-23(11-13)7-3-6-21-19(24)18-10-15-9-16(20)4-5-17(15)22-18/h4-5,9-10,13-14,22H,3,6-8,11-12H2,1-2H3,(H,21,24). The zero-order valence-electron chi connectivity index (χ0n) is 14.4. The van der Waals surface area contributed by atoms with Gasteiger partial charge in [-0.2, -0.15) is 0 Å². The van der Waals surface area contributed by atoms with Crippen molar-refractivity contribution < 1.29 is 9.18 Å². The largest absolute Gasteiger partial charge is 0.351 e. The molecule has 24 heavy (non-hydrogen) atoms. The molecule has 2 N–H and O–H groups in total. The number of hydrogen-bond donors (Lipinski definition) is 2. The molecule has 1 aliphatic heterocycles. The first-order chi connectivity index (χ1) is 11.5. The van der Waals surface area contributed by atoms with Crippen molar-refractivity contribution in [3.05, 3.63) is 35.8 Å². The fraction of sp³-hybridized carbons (Fsp3) is 0.526. The Bertz CT molecular complexity index is 702. The minimum Gasteiger partial charge on any atom is -0.351 e. The number of benzene rings is 1. The van der Waals surface area contributed by atoms with Crippen LogP contribution >= 0.6 is 0 Å². The van der Waals surface area contributed by atoms with Gasteiger partial charge in [0.25, 0.3) is 5.91 Å². The highest BCUT2D eigenvalue weighted by Crippen LogP contribution is 2.20. The summed E-state index contributed by atoms with van der Waals surface area (Å²) in [4.78, 5) is 17.7. The molecule has 2 heterocycles. The fourth-order valence-corrected chi connectivity index (χ4v) is 3.80. The Morgan fingerprint density at radius 2 is 2.04 bits per heavy atom. The van der Waals surface area contributed by atoms with E-state index in [1.807, 2.05) is 0 Å². The van der Waals surface area contributed by atoms with Crippen molar-refractivity contribution in [3.63, 3.8) is 0 Å². The maximum absolute atomic E-state index is 13.2. The smallest absolute Gasteiger partial charge is 0.267 e. The Labute approximate surface area is 142 Å². The Morgan fingerprint density at radius 3 is 2.79 bits per heavy atom. The number of likely N-dealkylation sites (tertiary alicyclic amines) is 1. The molecule has 0 radical (unpaired) electrons. The van der Waals surface area contributed by atoms with Gasteiger partial charge in [0, 0.05) is 30.5 Å². The number of H-pyrrole nitrogens is 1. The predicted octanol–water partition coefficient (Wildman–Crippen LogP) is 3.40. The van der Waals surface area contributed by atoms with Gasteiger partial charge in [0.15, 0.2) is 0 Å². The SMILES string of the molecule is CC1CC(C)CN(CCCNC(=O)c2cc3cc(F)ccc3[nH]2)C1. The van der Waals surface area contributed by atoms with E-state index in [1.54, 1.807) is 12.1 Å². The Hall–Kier alpha value is -1.88. The highest BCUT2D eigenvalue weighted by molar-refractivity contribution is 5.97. The molecule has 5 heteroatoms. The molecule has 1 saturated heterocycles. The highest BCUT2D eigenvalue weighted by atomic mass is 19.1. The van der Waals surface area contributed by atoms with E-state index in [1.165, 1.54) is 18.6 Å². The summed E-state index contributed by atoms with van der Waals surface area (Å²) in [6.07, 6.45) is 2.26. The van der Waals surface area contributed by atoms with E-state index in [-0.39, 0.29) is 11.7 Å². The van der Waals surface area contributed by atoms with Crippen LogP contribution in [0.1, 0.15) is 37.2 Å². The summed E-state index contributed by atoms with van der Waals surface area (Å²) >= 11 is 0. The molecule has 1 aliphatic rings. The van der Waals surface area contributed by atoms with Crippen LogP contribution in [0.5, 0.6) is 0 Å². The van der Waals surface area contributed by atoms with Gasteiger partial charge in [0.05, 0.1) is 0 Å². The van der Waals surface area contributed by atoms with E-state index in [0.29, 0.717) is 12.2 Å². The summed E-state index contributed by atoms with van der Waals surface area (Å²) in [5.74, 6) is 1.09. The highest BCUT2D eigenvalue weighted by Gasteiger charge is 2.21. The molecule has 3 rings (SSSR count). The Kier molecular flexibility index (Phi) is 5.19. The number of nitrogens with one attached hydrogen (secondary N) is 2. The maximum atomic E-state index is 13.2. The predicted molar refractivity (Wildman–Crippen MR) is 94.6 cm³/mol. The molecule has 2 unspecified atom stereocenters. The molecule has 0 saturated carbocycles. The molecule has 2 atom stereocenters. The summed E-state index contributed by atoms with van der Waals surface area (Å²) in [5, 5.41) is 3.66. The number of aromatic amines is 1. The van der Waals surface area contributed by atoms with Crippen LogP contribution in [-0.2, 0) is 0 Å². The van der Waals surface area contributed by atoms with Crippen LogP contribution in [0, 0.1) is 17.7 Å². The first kappa shape index (κ1) is 17.0. The van der Waals surface area contributed by atoms with Crippen LogP contribution in [0.3, 0.4) is 0 Å². The average molecular weight is 331 g/mol. The molecule has 1 aromatic heterocycles. The van der Waals surface area contributed by atoms with Crippen LogP contribution in [0.15, 0.2) is 24.3 Å². The number of halogens is 1. The van der Waals surface area contributed by atoms with Crippen molar-refractivity contribution in [2.24, 2.45) is 11.8 Å². The quantitative estimate of drug-likeness (QED) is 0.825. The van der Waals surface area contributed by atoms with E-state index < -0.39 is 0 Å². The van der Waals surface area contributed by atoms with E-state index in [4.69, 9.17) is 0 Å². The first-order valence-corrected chi connectivity index (χ1v) is 8.80. The lowest BCUT2D eigenvalue weighted by Crippen LogP contribution is -2.40. The van der Waals surface area contributed by atoms with Crippen molar-refractivity contribution in [3.8, 4) is 0 Å². The molecule has 0 spiro atoms. The van der Waals surface area contributed by atoms with Gasteiger partial charge < -0.3 is 15.2 Å². The van der Waals surface area contributed by atoms with Gasteiger partial charge in [-0.05, 0) is 55.5 Å². The van der Waals surface area contributed by atoms with E-state index in [2.05, 4.69) is 29.0 Å². The van der Waals surface area contributed by atoms with E-state index in [9.17, 15) is 9.18 Å². The summed E-state index contributed by atoms with van der Waals surface area (Å²) in [5.41, 5.74) is 1.26. The summed E-state index contributed by atoms with van der Waals surface area (Å²) in [7, 11) is 0. The van der Waals surface area contributed by atoms with Gasteiger partial charge >= 0.3 is 0 Å². The lowest BCUT2D eigenvalue weighted by Gasteiger charge is -2.34. The molecule has 130 valence electrons. The van der Waals surface area contributed by atoms with Crippen molar-refractivity contribution in [1.82, 2.24) is 15.2 Å². The van der Waals surface area contributed by atoms with Gasteiger partial charge in [-0.1, -0.05) is 13.8 Å². The van der Waals surface area contributed by atoms with Crippen LogP contribution in [0.2, 0.25) is 0 Å². The van der Waals surface area contributed by atoms with Crippen LogP contribution in [0.4, 0.5) is 4.39 Å². The minimum absolute atomic E-state index is 0.132. The molecule has 0 bridgehead atoms. The van der Waals surface area contributed by atoms with E-state index in [0.717, 1.165) is 48.8 Å². The number of hydrogen-bond acceptors (Lipinski definition) is 2. The number of amides is 1. The van der Waals surface area contributed by atoms with Gasteiger partial charge in [0.1, 0.15) is 11.5 Å². The third-order valence-electron chi connectivity index (χ3n) is 4.71. The van der Waals surface area contributed by atoms with Crippen LogP contribution in [0.25, 0.3) is 10.9 Å². The minimum atomic E-state index is -0.293. The molecular formula is C19H26FN3O. The lowest BCUT2D eigenvalue weighted by atomic mass is 9.92. The number of nitrogens with zero attached hydrogens (tertiary/aromatic N) is 1. The van der Waals surface area contributed by atoms with Gasteiger partial charge in [-0.3, -0.25) is 4.79 Å². The topological polar surface area (TPSA) is 48.1 Å². The fourth-order valence-electron chi connectivity index (χ4n) is 3.80. The second kappa shape index (κ2) is 7.34. The molecule has 2 aromatic rings. The number of piperidine rings is 1. The monoisotopic (exact) mass is 331 g/mol. The van der Waals surface area contributed by atoms with Gasteiger partial charge in [-0.15, -0.1) is 0 Å². The molecule has 1 amide bonds. The second-order valence-electron chi connectivity index (χ2n) is 7.23. The first-order valence-electron chi connectivity index (χ1n) is 8.80. The van der Waals surface area contributed by atoms with Crippen molar-refractivity contribution >= 4 is 16.8 Å². The molecule has 1 aromatic carbocycles. The number of carbonyl (C=O) groups excluding carboxylic acids is 1. The molecule has 0 aliphatic carbocycles. The second-order valence-corrected chi connectivity index (χ2v) is 7.23. The zero-order chi connectivity index (χ0) is 17.1. The number of carbonyl (C=O) groups is 1. The number of fused-ring (bicyclic) bond motifs is 1. The maximum Gasteiger partial charge on any atom is 0.267 e. The van der Waals surface area contributed by atoms with Gasteiger partial charge in [0.2, 0.25) is 0 Å². The van der Waals surface area contributed by atoms with Crippen LogP contribution < -0.4 is 5.32 Å². The van der Waals surface area contributed by atoms with Crippen LogP contribution in [-0.4, -0.2) is 42.0 Å². The Balaban J connectivity index is 1.46. The van der Waals surface area contributed by atoms with E-state index >= 15 is 0 Å². The third-order valence-corrected chi connectivity index (χ3v) is 4.71.